The number of pyridine rings is 1. The van der Waals surface area contributed by atoms with Crippen LogP contribution < -0.4 is 10.7 Å². The molecule has 1 unspecified atom stereocenters. The largest absolute Gasteiger partial charge is 0.477 e. The summed E-state index contributed by atoms with van der Waals surface area (Å²) < 4.78 is 17.1. The summed E-state index contributed by atoms with van der Waals surface area (Å²) in [7, 11) is 0. The Morgan fingerprint density at radius 1 is 1.24 bits per heavy atom. The van der Waals surface area contributed by atoms with Gasteiger partial charge >= 0.3 is 5.97 Å². The molecule has 1 saturated heterocycles. The first-order valence-corrected chi connectivity index (χ1v) is 11.9. The zero-order valence-corrected chi connectivity index (χ0v) is 19.3. The minimum Gasteiger partial charge on any atom is -0.477 e. The second-order valence-corrected chi connectivity index (χ2v) is 9.38. The standard InChI is InChI=1S/C24H25ClFN5O3/c25-22-11-27-10-19(29-22)20(13-30-6-2-1-3-7-30)28-18-9-21-15(8-17(18)26)23(32)16(24(33)34)12-31(21)14-4-5-14/h8-12,14,20,28H,1-7,13H2,(H,33,34). The van der Waals surface area contributed by atoms with E-state index in [2.05, 4.69) is 20.2 Å². The van der Waals surface area contributed by atoms with E-state index in [1.54, 1.807) is 16.8 Å². The fraction of sp³-hybridized carbons (Fsp3) is 0.417. The third-order valence-corrected chi connectivity index (χ3v) is 6.67. The molecule has 10 heteroatoms. The molecular weight excluding hydrogens is 461 g/mol. The molecule has 3 aromatic rings. The summed E-state index contributed by atoms with van der Waals surface area (Å²) in [6.45, 7) is 2.50. The number of aromatic nitrogens is 3. The van der Waals surface area contributed by atoms with Crippen molar-refractivity contribution in [1.82, 2.24) is 19.4 Å². The molecule has 34 heavy (non-hydrogen) atoms. The number of hydrogen-bond donors (Lipinski definition) is 2. The van der Waals surface area contributed by atoms with Crippen LogP contribution in [-0.4, -0.2) is 50.1 Å². The average molecular weight is 486 g/mol. The van der Waals surface area contributed by atoms with E-state index in [1.807, 2.05) is 0 Å². The van der Waals surface area contributed by atoms with Crippen LogP contribution in [-0.2, 0) is 0 Å². The molecule has 1 atom stereocenters. The summed E-state index contributed by atoms with van der Waals surface area (Å²) in [6, 6.07) is 2.45. The van der Waals surface area contributed by atoms with Crippen LogP contribution in [0.5, 0.6) is 0 Å². The molecule has 0 radical (unpaired) electrons. The summed E-state index contributed by atoms with van der Waals surface area (Å²) in [5, 5.41) is 13.0. The fourth-order valence-corrected chi connectivity index (χ4v) is 4.77. The van der Waals surface area contributed by atoms with E-state index in [4.69, 9.17) is 11.6 Å². The Morgan fingerprint density at radius 3 is 2.68 bits per heavy atom. The lowest BCUT2D eigenvalue weighted by Gasteiger charge is -2.31. The first-order valence-electron chi connectivity index (χ1n) is 11.5. The van der Waals surface area contributed by atoms with E-state index < -0.39 is 17.2 Å². The molecule has 3 heterocycles. The normalized spacial score (nSPS) is 17.6. The van der Waals surface area contributed by atoms with Crippen LogP contribution in [0.25, 0.3) is 10.9 Å². The van der Waals surface area contributed by atoms with Gasteiger partial charge in [0.25, 0.3) is 0 Å². The highest BCUT2D eigenvalue weighted by molar-refractivity contribution is 6.29. The third kappa shape index (κ3) is 4.63. The Hall–Kier alpha value is -3.04. The second kappa shape index (κ2) is 9.31. The lowest BCUT2D eigenvalue weighted by Crippen LogP contribution is -2.36. The minimum atomic E-state index is -1.31. The quantitative estimate of drug-likeness (QED) is 0.515. The number of piperidine rings is 1. The van der Waals surface area contributed by atoms with E-state index in [-0.39, 0.29) is 33.9 Å². The zero-order valence-electron chi connectivity index (χ0n) is 18.5. The Morgan fingerprint density at radius 2 is 2.00 bits per heavy atom. The van der Waals surface area contributed by atoms with Gasteiger partial charge in [-0.2, -0.15) is 0 Å². The number of anilines is 1. The summed E-state index contributed by atoms with van der Waals surface area (Å²) in [5.41, 5.74) is 0.286. The number of carboxylic acids is 1. The lowest BCUT2D eigenvalue weighted by atomic mass is 10.1. The summed E-state index contributed by atoms with van der Waals surface area (Å²) >= 11 is 6.09. The van der Waals surface area contributed by atoms with Gasteiger partial charge in [-0.05, 0) is 50.9 Å². The molecule has 1 aromatic carbocycles. The van der Waals surface area contributed by atoms with Crippen LogP contribution in [0.1, 0.15) is 60.2 Å². The van der Waals surface area contributed by atoms with Crippen LogP contribution in [0.4, 0.5) is 10.1 Å². The van der Waals surface area contributed by atoms with Gasteiger partial charge in [-0.15, -0.1) is 0 Å². The molecule has 0 bridgehead atoms. The van der Waals surface area contributed by atoms with Crippen molar-refractivity contribution in [1.29, 1.82) is 0 Å². The number of halogens is 2. The number of hydrogen-bond acceptors (Lipinski definition) is 6. The van der Waals surface area contributed by atoms with Crippen LogP contribution in [0, 0.1) is 5.82 Å². The zero-order chi connectivity index (χ0) is 23.8. The third-order valence-electron chi connectivity index (χ3n) is 6.49. The Kier molecular flexibility index (Phi) is 6.22. The lowest BCUT2D eigenvalue weighted by molar-refractivity contribution is 0.0695. The number of aromatic carboxylic acids is 1. The van der Waals surface area contributed by atoms with E-state index in [0.717, 1.165) is 44.8 Å². The van der Waals surface area contributed by atoms with Crippen molar-refractivity contribution in [3.63, 3.8) is 0 Å². The minimum absolute atomic E-state index is 0.0602. The summed E-state index contributed by atoms with van der Waals surface area (Å²) in [6.07, 6.45) is 9.62. The van der Waals surface area contributed by atoms with Crippen LogP contribution in [0.15, 0.2) is 35.5 Å². The maximum Gasteiger partial charge on any atom is 0.341 e. The first kappa shape index (κ1) is 22.7. The van der Waals surface area contributed by atoms with Crippen molar-refractivity contribution in [2.24, 2.45) is 0 Å². The van der Waals surface area contributed by atoms with Crippen molar-refractivity contribution in [2.45, 2.75) is 44.2 Å². The predicted molar refractivity (Wildman–Crippen MR) is 127 cm³/mol. The Bertz CT molecular complexity index is 1300. The van der Waals surface area contributed by atoms with Gasteiger partial charge in [-0.1, -0.05) is 18.0 Å². The van der Waals surface area contributed by atoms with Crippen LogP contribution in [0.3, 0.4) is 0 Å². The highest BCUT2D eigenvalue weighted by atomic mass is 35.5. The van der Waals surface area contributed by atoms with Crippen molar-refractivity contribution < 1.29 is 14.3 Å². The SMILES string of the molecule is O=C(O)c1cn(C2CC2)c2cc(NC(CN3CCCCC3)c3cncc(Cl)n3)c(F)cc2c1=O. The van der Waals surface area contributed by atoms with Gasteiger partial charge in [0.05, 0.1) is 35.3 Å². The number of likely N-dealkylation sites (tertiary alicyclic amines) is 1. The number of nitrogens with one attached hydrogen (secondary N) is 1. The molecule has 5 rings (SSSR count). The van der Waals surface area contributed by atoms with Crippen LogP contribution in [0.2, 0.25) is 5.15 Å². The number of benzene rings is 1. The monoisotopic (exact) mass is 485 g/mol. The highest BCUT2D eigenvalue weighted by Crippen LogP contribution is 2.38. The molecule has 178 valence electrons. The number of nitrogens with zero attached hydrogens (tertiary/aromatic N) is 4. The van der Waals surface area contributed by atoms with E-state index in [9.17, 15) is 14.7 Å². The number of carboxylic acid groups (broad SMARTS) is 1. The van der Waals surface area contributed by atoms with Gasteiger partial charge in [-0.25, -0.2) is 14.2 Å². The van der Waals surface area contributed by atoms with Crippen molar-refractivity contribution in [3.05, 3.63) is 63.2 Å². The molecule has 2 fully saturated rings. The van der Waals surface area contributed by atoms with Crippen molar-refractivity contribution in [2.75, 3.05) is 25.0 Å². The molecule has 0 spiro atoms. The summed E-state index contributed by atoms with van der Waals surface area (Å²) in [4.78, 5) is 35.2. The molecule has 2 aromatic heterocycles. The molecule has 2 aliphatic rings. The molecule has 1 aliphatic heterocycles. The van der Waals surface area contributed by atoms with E-state index in [1.165, 1.54) is 18.8 Å². The maximum absolute atomic E-state index is 15.3. The van der Waals surface area contributed by atoms with E-state index >= 15 is 4.39 Å². The van der Waals surface area contributed by atoms with Crippen molar-refractivity contribution in [3.8, 4) is 0 Å². The van der Waals surface area contributed by atoms with Gasteiger partial charge < -0.3 is 19.9 Å². The molecule has 0 amide bonds. The fourth-order valence-electron chi connectivity index (χ4n) is 4.61. The average Bonchev–Trinajstić information content (AvgIpc) is 3.66. The van der Waals surface area contributed by atoms with Crippen molar-refractivity contribution >= 4 is 34.2 Å². The maximum atomic E-state index is 15.3. The predicted octanol–water partition coefficient (Wildman–Crippen LogP) is 4.26. The van der Waals surface area contributed by atoms with Gasteiger partial charge in [0.1, 0.15) is 16.5 Å². The molecular formula is C24H25ClFN5O3. The number of rotatable bonds is 7. The number of fused-ring (bicyclic) bond motifs is 1. The topological polar surface area (TPSA) is 100 Å². The summed E-state index contributed by atoms with van der Waals surface area (Å²) in [5.74, 6) is -1.95. The van der Waals surface area contributed by atoms with Gasteiger partial charge in [0.2, 0.25) is 5.43 Å². The van der Waals surface area contributed by atoms with Gasteiger partial charge in [0, 0.05) is 24.2 Å². The van der Waals surface area contributed by atoms with Gasteiger partial charge in [0.15, 0.2) is 0 Å². The molecule has 2 N–H and O–H groups in total. The van der Waals surface area contributed by atoms with Crippen LogP contribution >= 0.6 is 11.6 Å². The molecule has 1 aliphatic carbocycles. The first-order chi connectivity index (χ1) is 16.4. The molecule has 8 nitrogen and oxygen atoms in total. The molecule has 1 saturated carbocycles. The highest BCUT2D eigenvalue weighted by Gasteiger charge is 2.28. The van der Waals surface area contributed by atoms with Gasteiger partial charge in [-0.3, -0.25) is 9.78 Å². The Labute approximate surface area is 200 Å². The smallest absolute Gasteiger partial charge is 0.341 e. The second-order valence-electron chi connectivity index (χ2n) is 8.99. The Balaban J connectivity index is 1.56. The number of carbonyl (C=O) groups is 1. The van der Waals surface area contributed by atoms with E-state index in [0.29, 0.717) is 17.8 Å².